The fourth-order valence-electron chi connectivity index (χ4n) is 2.60. The lowest BCUT2D eigenvalue weighted by Crippen LogP contribution is -2.17. The highest BCUT2D eigenvalue weighted by molar-refractivity contribution is 14.1. The summed E-state index contributed by atoms with van der Waals surface area (Å²) < 4.78 is 1.23. The number of aryl methyl sites for hydroxylation is 2. The van der Waals surface area contributed by atoms with Gasteiger partial charge in [0.25, 0.3) is 0 Å². The van der Waals surface area contributed by atoms with Gasteiger partial charge in [0, 0.05) is 3.57 Å². The molecule has 0 aromatic heterocycles. The van der Waals surface area contributed by atoms with Crippen molar-refractivity contribution >= 4 is 22.6 Å². The number of benzene rings is 2. The van der Waals surface area contributed by atoms with E-state index >= 15 is 0 Å². The standard InChI is InChI=1S/C17H20IN/c1-10-9-11(2)13(4)16(12(10)3)17(19)14-7-5-6-8-15(14)18/h5-9,17H,19H2,1-4H3. The van der Waals surface area contributed by atoms with Crippen molar-refractivity contribution in [2.45, 2.75) is 33.7 Å². The van der Waals surface area contributed by atoms with Gasteiger partial charge < -0.3 is 5.73 Å². The first-order chi connectivity index (χ1) is 8.93. The van der Waals surface area contributed by atoms with Crippen LogP contribution in [0, 0.1) is 31.3 Å². The van der Waals surface area contributed by atoms with Crippen molar-refractivity contribution in [2.24, 2.45) is 5.73 Å². The smallest absolute Gasteiger partial charge is 0.0567 e. The van der Waals surface area contributed by atoms with Gasteiger partial charge in [-0.15, -0.1) is 0 Å². The van der Waals surface area contributed by atoms with Crippen molar-refractivity contribution in [2.75, 3.05) is 0 Å². The SMILES string of the molecule is Cc1cc(C)c(C)c(C(N)c2ccccc2I)c1C. The summed E-state index contributed by atoms with van der Waals surface area (Å²) in [5.41, 5.74) is 14.3. The molecule has 0 fully saturated rings. The monoisotopic (exact) mass is 365 g/mol. The van der Waals surface area contributed by atoms with Crippen molar-refractivity contribution in [3.05, 3.63) is 67.3 Å². The molecule has 0 aliphatic rings. The Labute approximate surface area is 129 Å². The fraction of sp³-hybridized carbons (Fsp3) is 0.294. The summed E-state index contributed by atoms with van der Waals surface area (Å²) in [4.78, 5) is 0. The van der Waals surface area contributed by atoms with Crippen LogP contribution in [-0.4, -0.2) is 0 Å². The predicted octanol–water partition coefficient (Wildman–Crippen LogP) is 4.57. The van der Waals surface area contributed by atoms with Crippen LogP contribution in [0.1, 0.15) is 39.4 Å². The Morgan fingerprint density at radius 2 is 1.47 bits per heavy atom. The lowest BCUT2D eigenvalue weighted by molar-refractivity contribution is 0.840. The highest BCUT2D eigenvalue weighted by Crippen LogP contribution is 2.31. The predicted molar refractivity (Wildman–Crippen MR) is 90.6 cm³/mol. The third kappa shape index (κ3) is 2.70. The van der Waals surface area contributed by atoms with Crippen molar-refractivity contribution in [1.82, 2.24) is 0 Å². The maximum absolute atomic E-state index is 6.55. The minimum absolute atomic E-state index is 0.0494. The maximum Gasteiger partial charge on any atom is 0.0567 e. The maximum atomic E-state index is 6.55. The highest BCUT2D eigenvalue weighted by Gasteiger charge is 2.18. The Balaban J connectivity index is 2.63. The zero-order valence-corrected chi connectivity index (χ0v) is 14.1. The summed E-state index contributed by atoms with van der Waals surface area (Å²) >= 11 is 2.36. The van der Waals surface area contributed by atoms with E-state index < -0.39 is 0 Å². The average molecular weight is 365 g/mol. The van der Waals surface area contributed by atoms with E-state index in [0.29, 0.717) is 0 Å². The largest absolute Gasteiger partial charge is 0.320 e. The van der Waals surface area contributed by atoms with Gasteiger partial charge in [0.05, 0.1) is 6.04 Å². The minimum Gasteiger partial charge on any atom is -0.320 e. The lowest BCUT2D eigenvalue weighted by Gasteiger charge is -2.22. The summed E-state index contributed by atoms with van der Waals surface area (Å²) in [6, 6.07) is 10.6. The molecule has 1 nitrogen and oxygen atoms in total. The third-order valence-electron chi connectivity index (χ3n) is 3.98. The zero-order valence-electron chi connectivity index (χ0n) is 11.9. The Hall–Kier alpha value is -0.870. The molecule has 0 saturated carbocycles. The summed E-state index contributed by atoms with van der Waals surface area (Å²) in [7, 11) is 0. The molecule has 0 bridgehead atoms. The number of rotatable bonds is 2. The molecule has 2 aromatic carbocycles. The number of hydrogen-bond donors (Lipinski definition) is 1. The van der Waals surface area contributed by atoms with Gasteiger partial charge in [-0.2, -0.15) is 0 Å². The molecule has 2 heteroatoms. The van der Waals surface area contributed by atoms with Gasteiger partial charge in [0.1, 0.15) is 0 Å². The molecule has 0 heterocycles. The van der Waals surface area contributed by atoms with Crippen molar-refractivity contribution < 1.29 is 0 Å². The van der Waals surface area contributed by atoms with E-state index in [1.807, 2.05) is 0 Å². The van der Waals surface area contributed by atoms with E-state index in [1.54, 1.807) is 0 Å². The van der Waals surface area contributed by atoms with Crippen molar-refractivity contribution in [3.63, 3.8) is 0 Å². The fourth-order valence-corrected chi connectivity index (χ4v) is 3.32. The number of hydrogen-bond acceptors (Lipinski definition) is 1. The van der Waals surface area contributed by atoms with E-state index in [4.69, 9.17) is 5.73 Å². The molecule has 2 rings (SSSR count). The molecule has 2 aromatic rings. The Bertz CT molecular complexity index is 591. The first kappa shape index (κ1) is 14.5. The molecular formula is C17H20IN. The van der Waals surface area contributed by atoms with Crippen molar-refractivity contribution in [3.8, 4) is 0 Å². The van der Waals surface area contributed by atoms with E-state index in [0.717, 1.165) is 0 Å². The van der Waals surface area contributed by atoms with Gasteiger partial charge in [-0.05, 0) is 89.7 Å². The van der Waals surface area contributed by atoms with Gasteiger partial charge in [-0.1, -0.05) is 24.3 Å². The molecule has 0 amide bonds. The quantitative estimate of drug-likeness (QED) is 0.775. The summed E-state index contributed by atoms with van der Waals surface area (Å²) in [5.74, 6) is 0. The molecule has 100 valence electrons. The van der Waals surface area contributed by atoms with Gasteiger partial charge in [0.15, 0.2) is 0 Å². The molecular weight excluding hydrogens is 345 g/mol. The third-order valence-corrected chi connectivity index (χ3v) is 4.96. The summed E-state index contributed by atoms with van der Waals surface area (Å²) in [5, 5.41) is 0. The molecule has 0 saturated heterocycles. The normalized spacial score (nSPS) is 12.5. The van der Waals surface area contributed by atoms with Crippen LogP contribution in [0.25, 0.3) is 0 Å². The van der Waals surface area contributed by atoms with E-state index in [-0.39, 0.29) is 6.04 Å². The Morgan fingerprint density at radius 1 is 0.947 bits per heavy atom. The highest BCUT2D eigenvalue weighted by atomic mass is 127. The Kier molecular flexibility index (Phi) is 4.31. The second-order valence-electron chi connectivity index (χ2n) is 5.17. The topological polar surface area (TPSA) is 26.0 Å². The summed E-state index contributed by atoms with van der Waals surface area (Å²) in [6.45, 7) is 8.67. The van der Waals surface area contributed by atoms with Crippen LogP contribution in [-0.2, 0) is 0 Å². The van der Waals surface area contributed by atoms with Crippen LogP contribution in [0.5, 0.6) is 0 Å². The van der Waals surface area contributed by atoms with Gasteiger partial charge >= 0.3 is 0 Å². The van der Waals surface area contributed by atoms with Crippen LogP contribution in [0.15, 0.2) is 30.3 Å². The second-order valence-corrected chi connectivity index (χ2v) is 6.34. The van der Waals surface area contributed by atoms with Crippen LogP contribution in [0.4, 0.5) is 0 Å². The summed E-state index contributed by atoms with van der Waals surface area (Å²) in [6.07, 6.45) is 0. The molecule has 1 atom stereocenters. The second kappa shape index (κ2) is 5.63. The average Bonchev–Trinajstić information content (AvgIpc) is 2.37. The van der Waals surface area contributed by atoms with Crippen LogP contribution < -0.4 is 5.73 Å². The van der Waals surface area contributed by atoms with E-state index in [9.17, 15) is 0 Å². The minimum atomic E-state index is -0.0494. The van der Waals surface area contributed by atoms with Crippen molar-refractivity contribution in [1.29, 1.82) is 0 Å². The van der Waals surface area contributed by atoms with Gasteiger partial charge in [0.2, 0.25) is 0 Å². The number of halogens is 1. The number of nitrogens with two attached hydrogens (primary N) is 1. The molecule has 2 N–H and O–H groups in total. The molecule has 0 aliphatic heterocycles. The lowest BCUT2D eigenvalue weighted by atomic mass is 9.87. The van der Waals surface area contributed by atoms with E-state index in [2.05, 4.69) is 80.6 Å². The molecule has 19 heavy (non-hydrogen) atoms. The van der Waals surface area contributed by atoms with Gasteiger partial charge in [-0.25, -0.2) is 0 Å². The van der Waals surface area contributed by atoms with E-state index in [1.165, 1.54) is 37.0 Å². The first-order valence-corrected chi connectivity index (χ1v) is 7.58. The van der Waals surface area contributed by atoms with Crippen LogP contribution in [0.3, 0.4) is 0 Å². The molecule has 0 aliphatic carbocycles. The molecule has 0 radical (unpaired) electrons. The Morgan fingerprint density at radius 3 is 2.00 bits per heavy atom. The zero-order chi connectivity index (χ0) is 14.2. The van der Waals surface area contributed by atoms with Gasteiger partial charge in [-0.3, -0.25) is 0 Å². The van der Waals surface area contributed by atoms with Crippen LogP contribution >= 0.6 is 22.6 Å². The van der Waals surface area contributed by atoms with Crippen LogP contribution in [0.2, 0.25) is 0 Å². The molecule has 0 spiro atoms. The first-order valence-electron chi connectivity index (χ1n) is 6.50. The molecule has 1 unspecified atom stereocenters.